The minimum atomic E-state index is -0.0729. The van der Waals surface area contributed by atoms with Crippen molar-refractivity contribution in [2.75, 3.05) is 5.73 Å². The number of carbonyl (C=O) groups is 1. The molecule has 0 aromatic carbocycles. The molecule has 0 aliphatic rings. The normalized spacial score (nSPS) is 9.64. The van der Waals surface area contributed by atoms with E-state index in [-0.39, 0.29) is 5.78 Å². The molecule has 0 aliphatic heterocycles. The number of rotatable bonds is 1. The number of pyridine rings is 1. The molecule has 0 aliphatic carbocycles. The molecule has 0 spiro atoms. The summed E-state index contributed by atoms with van der Waals surface area (Å²) in [5.74, 6) is -0.0729. The lowest BCUT2D eigenvalue weighted by Crippen LogP contribution is -2.00. The third-order valence-corrected chi connectivity index (χ3v) is 1.95. The van der Waals surface area contributed by atoms with E-state index in [0.717, 1.165) is 0 Å². The van der Waals surface area contributed by atoms with Crippen LogP contribution in [0.2, 0.25) is 0 Å². The molecule has 1 heterocycles. The van der Waals surface area contributed by atoms with Crippen molar-refractivity contribution in [3.8, 4) is 0 Å². The molecule has 0 bridgehead atoms. The lowest BCUT2D eigenvalue weighted by Gasteiger charge is -2.01. The largest absolute Gasteiger partial charge is 0.397 e. The molecule has 0 saturated carbocycles. The summed E-state index contributed by atoms with van der Waals surface area (Å²) in [4.78, 5) is 14.7. The fourth-order valence-electron chi connectivity index (χ4n) is 0.726. The maximum Gasteiger partial charge on any atom is 0.163 e. The van der Waals surface area contributed by atoms with Crippen LogP contribution in [0.1, 0.15) is 17.3 Å². The van der Waals surface area contributed by atoms with Crippen molar-refractivity contribution >= 4 is 27.4 Å². The van der Waals surface area contributed by atoms with Crippen molar-refractivity contribution in [1.29, 1.82) is 0 Å². The molecule has 1 aromatic rings. The van der Waals surface area contributed by atoms with E-state index in [9.17, 15) is 4.79 Å². The molecular formula is C7H7BrN2O. The maximum atomic E-state index is 10.9. The first-order valence-corrected chi connectivity index (χ1v) is 3.82. The summed E-state index contributed by atoms with van der Waals surface area (Å²) >= 11 is 3.17. The van der Waals surface area contributed by atoms with Crippen LogP contribution >= 0.6 is 15.9 Å². The molecule has 0 unspecified atom stereocenters. The van der Waals surface area contributed by atoms with Crippen LogP contribution in [0.5, 0.6) is 0 Å². The van der Waals surface area contributed by atoms with Gasteiger partial charge in [0.2, 0.25) is 0 Å². The summed E-state index contributed by atoms with van der Waals surface area (Å²) in [5.41, 5.74) is 6.48. The van der Waals surface area contributed by atoms with Crippen LogP contribution in [0.4, 0.5) is 5.69 Å². The van der Waals surface area contributed by atoms with E-state index in [0.29, 0.717) is 15.7 Å². The summed E-state index contributed by atoms with van der Waals surface area (Å²) in [6, 6.07) is 0. The molecule has 4 heteroatoms. The Balaban J connectivity index is 3.27. The van der Waals surface area contributed by atoms with E-state index in [1.165, 1.54) is 13.1 Å². The highest BCUT2D eigenvalue weighted by molar-refractivity contribution is 9.10. The zero-order chi connectivity index (χ0) is 8.43. The highest BCUT2D eigenvalue weighted by atomic mass is 79.9. The number of nitrogens with zero attached hydrogens (tertiary/aromatic N) is 1. The monoisotopic (exact) mass is 214 g/mol. The van der Waals surface area contributed by atoms with E-state index in [4.69, 9.17) is 5.73 Å². The van der Waals surface area contributed by atoms with Gasteiger partial charge < -0.3 is 5.73 Å². The number of nitrogens with two attached hydrogens (primary N) is 1. The van der Waals surface area contributed by atoms with Crippen molar-refractivity contribution in [3.63, 3.8) is 0 Å². The highest BCUT2D eigenvalue weighted by Crippen LogP contribution is 2.21. The van der Waals surface area contributed by atoms with Gasteiger partial charge in [0.1, 0.15) is 0 Å². The van der Waals surface area contributed by atoms with Gasteiger partial charge in [0, 0.05) is 12.4 Å². The molecule has 1 rings (SSSR count). The van der Waals surface area contributed by atoms with E-state index in [1.54, 1.807) is 6.20 Å². The second-order valence-corrected chi connectivity index (χ2v) is 2.99. The first-order valence-electron chi connectivity index (χ1n) is 3.03. The molecule has 58 valence electrons. The van der Waals surface area contributed by atoms with E-state index < -0.39 is 0 Å². The Morgan fingerprint density at radius 1 is 1.64 bits per heavy atom. The maximum absolute atomic E-state index is 10.9. The zero-order valence-electron chi connectivity index (χ0n) is 5.97. The highest BCUT2D eigenvalue weighted by Gasteiger charge is 2.06. The second-order valence-electron chi connectivity index (χ2n) is 2.14. The topological polar surface area (TPSA) is 56.0 Å². The third-order valence-electron chi connectivity index (χ3n) is 1.32. The van der Waals surface area contributed by atoms with Crippen molar-refractivity contribution in [3.05, 3.63) is 22.4 Å². The standard InChI is InChI=1S/C7H7BrN2O/c1-4(11)5-2-10-3-6(8)7(5)9/h2-3H,1H3,(H2,9,10). The molecular weight excluding hydrogens is 208 g/mol. The van der Waals surface area contributed by atoms with Crippen LogP contribution in [0.15, 0.2) is 16.9 Å². The summed E-state index contributed by atoms with van der Waals surface area (Å²) < 4.78 is 0.658. The SMILES string of the molecule is CC(=O)c1cncc(Br)c1N. The van der Waals surface area contributed by atoms with E-state index >= 15 is 0 Å². The average Bonchev–Trinajstić information content (AvgIpc) is 1.94. The number of hydrogen-bond acceptors (Lipinski definition) is 3. The van der Waals surface area contributed by atoms with Gasteiger partial charge in [0.15, 0.2) is 5.78 Å². The molecule has 11 heavy (non-hydrogen) atoms. The average molecular weight is 215 g/mol. The van der Waals surface area contributed by atoms with Crippen LogP contribution in [0, 0.1) is 0 Å². The van der Waals surface area contributed by atoms with Crippen molar-refractivity contribution in [1.82, 2.24) is 4.98 Å². The van der Waals surface area contributed by atoms with Crippen LogP contribution in [-0.2, 0) is 0 Å². The number of carbonyl (C=O) groups excluding carboxylic acids is 1. The Bertz CT molecular complexity index is 298. The Morgan fingerprint density at radius 3 is 2.73 bits per heavy atom. The van der Waals surface area contributed by atoms with Crippen LogP contribution in [0.3, 0.4) is 0 Å². The molecule has 0 fully saturated rings. The molecule has 3 nitrogen and oxygen atoms in total. The third kappa shape index (κ3) is 1.57. The minimum absolute atomic E-state index is 0.0729. The lowest BCUT2D eigenvalue weighted by molar-refractivity contribution is 0.101. The van der Waals surface area contributed by atoms with Crippen molar-refractivity contribution in [2.45, 2.75) is 6.92 Å². The number of ketones is 1. The number of nitrogen functional groups attached to an aromatic ring is 1. The van der Waals surface area contributed by atoms with Gasteiger partial charge >= 0.3 is 0 Å². The Kier molecular flexibility index (Phi) is 2.24. The van der Waals surface area contributed by atoms with Gasteiger partial charge in [-0.1, -0.05) is 0 Å². The van der Waals surface area contributed by atoms with Gasteiger partial charge in [-0.3, -0.25) is 9.78 Å². The number of anilines is 1. The minimum Gasteiger partial charge on any atom is -0.397 e. The predicted molar refractivity (Wildman–Crippen MR) is 46.4 cm³/mol. The number of aromatic nitrogens is 1. The summed E-state index contributed by atoms with van der Waals surface area (Å²) in [6.07, 6.45) is 3.02. The fourth-order valence-corrected chi connectivity index (χ4v) is 1.06. The van der Waals surface area contributed by atoms with Crippen molar-refractivity contribution < 1.29 is 4.79 Å². The molecule has 0 amide bonds. The molecule has 0 saturated heterocycles. The first kappa shape index (κ1) is 8.20. The second kappa shape index (κ2) is 3.00. The molecule has 0 atom stereocenters. The molecule has 2 N–H and O–H groups in total. The van der Waals surface area contributed by atoms with Gasteiger partial charge in [-0.2, -0.15) is 0 Å². The molecule has 0 radical (unpaired) electrons. The molecule has 1 aromatic heterocycles. The first-order chi connectivity index (χ1) is 5.13. The fraction of sp³-hybridized carbons (Fsp3) is 0.143. The summed E-state index contributed by atoms with van der Waals surface area (Å²) in [7, 11) is 0. The van der Waals surface area contributed by atoms with Crippen LogP contribution in [-0.4, -0.2) is 10.8 Å². The number of halogens is 1. The van der Waals surface area contributed by atoms with Crippen LogP contribution in [0.25, 0.3) is 0 Å². The van der Waals surface area contributed by atoms with Gasteiger partial charge in [-0.15, -0.1) is 0 Å². The summed E-state index contributed by atoms with van der Waals surface area (Å²) in [5, 5.41) is 0. The summed E-state index contributed by atoms with van der Waals surface area (Å²) in [6.45, 7) is 1.46. The van der Waals surface area contributed by atoms with E-state index in [1.807, 2.05) is 0 Å². The Labute approximate surface area is 72.7 Å². The van der Waals surface area contributed by atoms with Gasteiger partial charge in [0.25, 0.3) is 0 Å². The van der Waals surface area contributed by atoms with Crippen LogP contribution < -0.4 is 5.73 Å². The van der Waals surface area contributed by atoms with E-state index in [2.05, 4.69) is 20.9 Å². The Hall–Kier alpha value is -0.900. The lowest BCUT2D eigenvalue weighted by atomic mass is 10.2. The van der Waals surface area contributed by atoms with Gasteiger partial charge in [0.05, 0.1) is 15.7 Å². The zero-order valence-corrected chi connectivity index (χ0v) is 7.55. The van der Waals surface area contributed by atoms with Crippen molar-refractivity contribution in [2.24, 2.45) is 0 Å². The van der Waals surface area contributed by atoms with Gasteiger partial charge in [-0.05, 0) is 22.9 Å². The quantitative estimate of drug-likeness (QED) is 0.724. The number of Topliss-reactive ketones (excluding diaryl/α,β-unsaturated/α-hetero) is 1. The smallest absolute Gasteiger partial charge is 0.163 e. The predicted octanol–water partition coefficient (Wildman–Crippen LogP) is 1.63. The number of hydrogen-bond donors (Lipinski definition) is 1. The van der Waals surface area contributed by atoms with Gasteiger partial charge in [-0.25, -0.2) is 0 Å². The Morgan fingerprint density at radius 2 is 2.27 bits per heavy atom.